The maximum absolute atomic E-state index is 12.2. The highest BCUT2D eigenvalue weighted by atomic mass is 32.1. The van der Waals surface area contributed by atoms with Gasteiger partial charge in [0.05, 0.1) is 18.4 Å². The van der Waals surface area contributed by atoms with Gasteiger partial charge in [-0.2, -0.15) is 0 Å². The lowest BCUT2D eigenvalue weighted by molar-refractivity contribution is -0.121. The van der Waals surface area contributed by atoms with Crippen LogP contribution in [0.3, 0.4) is 0 Å². The van der Waals surface area contributed by atoms with Crippen LogP contribution < -0.4 is 10.1 Å². The molecule has 6 heteroatoms. The van der Waals surface area contributed by atoms with Crippen molar-refractivity contribution in [3.8, 4) is 17.0 Å². The van der Waals surface area contributed by atoms with Gasteiger partial charge in [0.2, 0.25) is 5.91 Å². The van der Waals surface area contributed by atoms with Crippen LogP contribution in [0.4, 0.5) is 0 Å². The largest absolute Gasteiger partial charge is 0.487 e. The zero-order valence-corrected chi connectivity index (χ0v) is 16.7. The van der Waals surface area contributed by atoms with E-state index in [1.54, 1.807) is 29.9 Å². The van der Waals surface area contributed by atoms with E-state index in [2.05, 4.69) is 45.8 Å². The number of thiophene rings is 1. The summed E-state index contributed by atoms with van der Waals surface area (Å²) in [4.78, 5) is 22.1. The standard InChI is InChI=1S/C22H23N3O2S/c1-15-10-16-12-17(13-25-21(26)6-2-4-18-5-3-9-28-18)27-22(16)19(11-15)20-14-23-7-8-24-20/h3,5,7-11,14,17H,2,4,6,12-13H2,1H3,(H,25,26). The van der Waals surface area contributed by atoms with Gasteiger partial charge < -0.3 is 10.1 Å². The van der Waals surface area contributed by atoms with Crippen LogP contribution in [0.15, 0.2) is 48.2 Å². The lowest BCUT2D eigenvalue weighted by atomic mass is 10.0. The summed E-state index contributed by atoms with van der Waals surface area (Å²) in [7, 11) is 0. The molecule has 1 atom stereocenters. The normalized spacial score (nSPS) is 15.1. The highest BCUT2D eigenvalue weighted by Gasteiger charge is 2.27. The molecule has 1 aliphatic rings. The molecule has 1 amide bonds. The van der Waals surface area contributed by atoms with E-state index < -0.39 is 0 Å². The van der Waals surface area contributed by atoms with Crippen LogP contribution in [0, 0.1) is 6.92 Å². The van der Waals surface area contributed by atoms with Crippen LogP contribution in [0.25, 0.3) is 11.3 Å². The number of hydrogen-bond donors (Lipinski definition) is 1. The third kappa shape index (κ3) is 4.39. The molecule has 28 heavy (non-hydrogen) atoms. The summed E-state index contributed by atoms with van der Waals surface area (Å²) < 4.78 is 6.18. The lowest BCUT2D eigenvalue weighted by Gasteiger charge is -2.13. The van der Waals surface area contributed by atoms with E-state index >= 15 is 0 Å². The van der Waals surface area contributed by atoms with Gasteiger partial charge in [0, 0.05) is 35.7 Å². The summed E-state index contributed by atoms with van der Waals surface area (Å²) in [5, 5.41) is 5.10. The van der Waals surface area contributed by atoms with Crippen LogP contribution in [-0.2, 0) is 17.6 Å². The van der Waals surface area contributed by atoms with Gasteiger partial charge in [0.15, 0.2) is 0 Å². The quantitative estimate of drug-likeness (QED) is 0.660. The summed E-state index contributed by atoms with van der Waals surface area (Å²) in [6, 6.07) is 8.39. The van der Waals surface area contributed by atoms with Crippen molar-refractivity contribution in [2.45, 2.75) is 38.7 Å². The fourth-order valence-electron chi connectivity index (χ4n) is 3.53. The molecule has 0 radical (unpaired) electrons. The predicted molar refractivity (Wildman–Crippen MR) is 111 cm³/mol. The van der Waals surface area contributed by atoms with E-state index in [-0.39, 0.29) is 12.0 Å². The highest BCUT2D eigenvalue weighted by molar-refractivity contribution is 7.09. The predicted octanol–water partition coefficient (Wildman–Crippen LogP) is 3.96. The van der Waals surface area contributed by atoms with Crippen molar-refractivity contribution >= 4 is 17.2 Å². The SMILES string of the molecule is Cc1cc2c(c(-c3cnccn3)c1)OC(CNC(=O)CCCc1cccs1)C2. The first-order valence-corrected chi connectivity index (χ1v) is 10.4. The van der Waals surface area contributed by atoms with Gasteiger partial charge in [0.25, 0.3) is 0 Å². The first-order valence-electron chi connectivity index (χ1n) is 9.54. The van der Waals surface area contributed by atoms with E-state index in [0.29, 0.717) is 13.0 Å². The van der Waals surface area contributed by atoms with Crippen molar-refractivity contribution in [3.63, 3.8) is 0 Å². The molecule has 1 N–H and O–H groups in total. The Morgan fingerprint density at radius 3 is 3.07 bits per heavy atom. The fraction of sp³-hybridized carbons (Fsp3) is 0.318. The van der Waals surface area contributed by atoms with E-state index in [1.165, 1.54) is 10.4 Å². The van der Waals surface area contributed by atoms with E-state index in [4.69, 9.17) is 4.74 Å². The van der Waals surface area contributed by atoms with E-state index in [9.17, 15) is 4.79 Å². The van der Waals surface area contributed by atoms with Gasteiger partial charge in [-0.25, -0.2) is 0 Å². The Morgan fingerprint density at radius 1 is 1.36 bits per heavy atom. The number of benzene rings is 1. The Bertz CT molecular complexity index is 942. The monoisotopic (exact) mass is 393 g/mol. The molecular weight excluding hydrogens is 370 g/mol. The number of ether oxygens (including phenoxy) is 1. The summed E-state index contributed by atoms with van der Waals surface area (Å²) >= 11 is 1.74. The van der Waals surface area contributed by atoms with Gasteiger partial charge in [-0.3, -0.25) is 14.8 Å². The fourth-order valence-corrected chi connectivity index (χ4v) is 4.28. The Morgan fingerprint density at radius 2 is 2.29 bits per heavy atom. The number of nitrogens with one attached hydrogen (secondary N) is 1. The average molecular weight is 394 g/mol. The number of rotatable bonds is 7. The van der Waals surface area contributed by atoms with Gasteiger partial charge in [-0.1, -0.05) is 12.1 Å². The van der Waals surface area contributed by atoms with Crippen molar-refractivity contribution in [3.05, 3.63) is 64.2 Å². The lowest BCUT2D eigenvalue weighted by Crippen LogP contribution is -2.34. The van der Waals surface area contributed by atoms with Crippen molar-refractivity contribution < 1.29 is 9.53 Å². The smallest absolute Gasteiger partial charge is 0.220 e. The number of carbonyl (C=O) groups excluding carboxylic acids is 1. The number of aromatic nitrogens is 2. The molecular formula is C22H23N3O2S. The number of fused-ring (bicyclic) bond motifs is 1. The zero-order valence-electron chi connectivity index (χ0n) is 15.9. The van der Waals surface area contributed by atoms with Crippen molar-refractivity contribution in [2.24, 2.45) is 0 Å². The first kappa shape index (κ1) is 18.6. The first-order chi connectivity index (χ1) is 13.7. The van der Waals surface area contributed by atoms with E-state index in [1.807, 2.05) is 6.07 Å². The van der Waals surface area contributed by atoms with Crippen LogP contribution >= 0.6 is 11.3 Å². The zero-order chi connectivity index (χ0) is 19.3. The highest BCUT2D eigenvalue weighted by Crippen LogP contribution is 2.38. The number of aryl methyl sites for hydroxylation is 2. The third-order valence-electron chi connectivity index (χ3n) is 4.82. The summed E-state index contributed by atoms with van der Waals surface area (Å²) in [5.41, 5.74) is 4.10. The van der Waals surface area contributed by atoms with Crippen LogP contribution in [-0.4, -0.2) is 28.5 Å². The van der Waals surface area contributed by atoms with Gasteiger partial charge in [-0.05, 0) is 48.4 Å². The van der Waals surface area contributed by atoms with E-state index in [0.717, 1.165) is 41.8 Å². The Labute approximate surface area is 168 Å². The van der Waals surface area contributed by atoms with Gasteiger partial charge in [0.1, 0.15) is 11.9 Å². The Kier molecular flexibility index (Phi) is 5.67. The molecule has 1 aromatic carbocycles. The van der Waals surface area contributed by atoms with Crippen LogP contribution in [0.1, 0.15) is 28.8 Å². The summed E-state index contributed by atoms with van der Waals surface area (Å²) in [6.45, 7) is 2.59. The molecule has 5 nitrogen and oxygen atoms in total. The summed E-state index contributed by atoms with van der Waals surface area (Å²) in [5.74, 6) is 0.949. The van der Waals surface area contributed by atoms with Crippen LogP contribution in [0.2, 0.25) is 0 Å². The number of nitrogens with zero attached hydrogens (tertiary/aromatic N) is 2. The second-order valence-corrected chi connectivity index (χ2v) is 8.10. The molecule has 2 aromatic heterocycles. The number of amides is 1. The van der Waals surface area contributed by atoms with Gasteiger partial charge in [-0.15, -0.1) is 11.3 Å². The second-order valence-electron chi connectivity index (χ2n) is 7.07. The molecule has 0 spiro atoms. The van der Waals surface area contributed by atoms with Crippen molar-refractivity contribution in [1.82, 2.24) is 15.3 Å². The van der Waals surface area contributed by atoms with Crippen molar-refractivity contribution in [2.75, 3.05) is 6.54 Å². The molecule has 0 fully saturated rings. The molecule has 0 bridgehead atoms. The minimum absolute atomic E-state index is 0.0477. The third-order valence-corrected chi connectivity index (χ3v) is 5.75. The van der Waals surface area contributed by atoms with Gasteiger partial charge >= 0.3 is 0 Å². The second kappa shape index (κ2) is 8.52. The molecule has 3 heterocycles. The molecule has 0 saturated heterocycles. The number of carbonyl (C=O) groups is 1. The number of hydrogen-bond acceptors (Lipinski definition) is 5. The summed E-state index contributed by atoms with van der Waals surface area (Å²) in [6.07, 6.45) is 8.21. The topological polar surface area (TPSA) is 64.1 Å². The molecule has 0 saturated carbocycles. The van der Waals surface area contributed by atoms with Crippen molar-refractivity contribution in [1.29, 1.82) is 0 Å². The molecule has 4 rings (SSSR count). The minimum atomic E-state index is -0.0477. The maximum atomic E-state index is 12.2. The molecule has 1 aliphatic heterocycles. The molecule has 0 aliphatic carbocycles. The average Bonchev–Trinajstić information content (AvgIpc) is 3.36. The molecule has 1 unspecified atom stereocenters. The van der Waals surface area contributed by atoms with Crippen LogP contribution in [0.5, 0.6) is 5.75 Å². The Balaban J connectivity index is 1.33. The minimum Gasteiger partial charge on any atom is -0.487 e. The molecule has 144 valence electrons. The molecule has 3 aromatic rings. The maximum Gasteiger partial charge on any atom is 0.220 e. The Hall–Kier alpha value is -2.73.